The summed E-state index contributed by atoms with van der Waals surface area (Å²) < 4.78 is 0. The second-order valence-corrected chi connectivity index (χ2v) is 4.19. The van der Waals surface area contributed by atoms with Crippen LogP contribution in [0, 0.1) is 0 Å². The van der Waals surface area contributed by atoms with Crippen molar-refractivity contribution in [2.24, 2.45) is 0 Å². The van der Waals surface area contributed by atoms with Crippen molar-refractivity contribution in [2.45, 2.75) is 12.8 Å². The van der Waals surface area contributed by atoms with Crippen LogP contribution < -0.4 is 5.73 Å². The number of benzene rings is 1. The summed E-state index contributed by atoms with van der Waals surface area (Å²) in [7, 11) is 0. The number of ketones is 1. The normalized spacial score (nSPS) is 15.6. The molecule has 3 N–H and O–H groups in total. The van der Waals surface area contributed by atoms with Crippen LogP contribution in [0.2, 0.25) is 0 Å². The summed E-state index contributed by atoms with van der Waals surface area (Å²) in [6, 6.07) is 4.40. The van der Waals surface area contributed by atoms with Crippen LogP contribution in [-0.2, 0) is 0 Å². The Morgan fingerprint density at radius 2 is 2.06 bits per heavy atom. The molecular weight excluding hydrogens is 216 g/mol. The molecule has 0 atom stereocenters. The third kappa shape index (κ3) is 2.78. The van der Waals surface area contributed by atoms with E-state index in [0.717, 1.165) is 13.1 Å². The summed E-state index contributed by atoms with van der Waals surface area (Å²) in [5, 5.41) is 9.32. The second-order valence-electron chi connectivity index (χ2n) is 4.19. The molecule has 17 heavy (non-hydrogen) atoms. The van der Waals surface area contributed by atoms with Crippen molar-refractivity contribution in [3.63, 3.8) is 0 Å². The van der Waals surface area contributed by atoms with Gasteiger partial charge in [0.1, 0.15) is 5.75 Å². The second kappa shape index (κ2) is 4.91. The molecule has 1 saturated heterocycles. The van der Waals surface area contributed by atoms with Gasteiger partial charge < -0.3 is 15.7 Å². The third-order valence-electron chi connectivity index (χ3n) is 2.88. The average molecular weight is 232 g/mol. The Labute approximate surface area is 100 Å². The number of hydrogen-bond acceptors (Lipinski definition) is 4. The molecule has 0 spiro atoms. The number of aromatic hydroxyl groups is 1. The highest BCUT2D eigenvalue weighted by molar-refractivity contribution is 6.08. The number of phenolic OH excluding ortho intramolecular Hbond substituents is 1. The number of rotatable bonds is 3. The van der Waals surface area contributed by atoms with E-state index in [1.807, 2.05) is 0 Å². The fourth-order valence-electron chi connectivity index (χ4n) is 1.91. The fraction of sp³-hybridized carbons (Fsp3) is 0.308. The molecule has 1 heterocycles. The maximum absolute atomic E-state index is 11.9. The molecular formula is C13H16N2O2. The molecule has 1 aliphatic heterocycles. The first kappa shape index (κ1) is 11.5. The molecule has 0 unspecified atom stereocenters. The zero-order chi connectivity index (χ0) is 12.3. The van der Waals surface area contributed by atoms with Gasteiger partial charge in [-0.3, -0.25) is 4.79 Å². The monoisotopic (exact) mass is 232 g/mol. The lowest BCUT2D eigenvalue weighted by Crippen LogP contribution is -2.11. The Morgan fingerprint density at radius 3 is 2.76 bits per heavy atom. The number of phenols is 1. The summed E-state index contributed by atoms with van der Waals surface area (Å²) in [5.41, 5.74) is 6.43. The van der Waals surface area contributed by atoms with Crippen LogP contribution in [0.25, 0.3) is 0 Å². The number of nitrogens with two attached hydrogens (primary N) is 1. The number of nitrogens with zero attached hydrogens (tertiary/aromatic N) is 1. The molecule has 0 bridgehead atoms. The van der Waals surface area contributed by atoms with Gasteiger partial charge in [0.2, 0.25) is 0 Å². The first-order chi connectivity index (χ1) is 8.16. The smallest absolute Gasteiger partial charge is 0.189 e. The van der Waals surface area contributed by atoms with E-state index in [9.17, 15) is 9.90 Å². The molecule has 4 nitrogen and oxygen atoms in total. The molecule has 90 valence electrons. The molecule has 1 aromatic rings. The molecule has 1 aliphatic rings. The first-order valence-electron chi connectivity index (χ1n) is 5.72. The minimum absolute atomic E-state index is 0.0529. The van der Waals surface area contributed by atoms with Gasteiger partial charge in [-0.05, 0) is 31.0 Å². The molecule has 0 saturated carbocycles. The fourth-order valence-corrected chi connectivity index (χ4v) is 1.91. The van der Waals surface area contributed by atoms with Gasteiger partial charge in [0.15, 0.2) is 5.78 Å². The van der Waals surface area contributed by atoms with Gasteiger partial charge in [-0.1, -0.05) is 0 Å². The van der Waals surface area contributed by atoms with Gasteiger partial charge in [0.25, 0.3) is 0 Å². The summed E-state index contributed by atoms with van der Waals surface area (Å²) in [4.78, 5) is 14.0. The lowest BCUT2D eigenvalue weighted by atomic mass is 10.1. The highest BCUT2D eigenvalue weighted by atomic mass is 16.3. The molecule has 0 aliphatic carbocycles. The van der Waals surface area contributed by atoms with Crippen LogP contribution in [0.4, 0.5) is 5.69 Å². The zero-order valence-electron chi connectivity index (χ0n) is 9.60. The predicted molar refractivity (Wildman–Crippen MR) is 66.8 cm³/mol. The topological polar surface area (TPSA) is 66.6 Å². The van der Waals surface area contributed by atoms with Gasteiger partial charge in [-0.15, -0.1) is 0 Å². The van der Waals surface area contributed by atoms with E-state index in [-0.39, 0.29) is 11.5 Å². The van der Waals surface area contributed by atoms with Gasteiger partial charge in [-0.2, -0.15) is 0 Å². The molecule has 0 amide bonds. The van der Waals surface area contributed by atoms with E-state index in [1.54, 1.807) is 6.20 Å². The van der Waals surface area contributed by atoms with Crippen molar-refractivity contribution in [3.8, 4) is 5.75 Å². The van der Waals surface area contributed by atoms with E-state index in [0.29, 0.717) is 11.3 Å². The molecule has 1 fully saturated rings. The molecule has 1 aromatic carbocycles. The van der Waals surface area contributed by atoms with Crippen LogP contribution in [0.5, 0.6) is 5.75 Å². The van der Waals surface area contributed by atoms with E-state index in [2.05, 4.69) is 4.90 Å². The lowest BCUT2D eigenvalue weighted by Gasteiger charge is -2.10. The number of anilines is 1. The number of hydrogen-bond donors (Lipinski definition) is 2. The number of nitrogen functional groups attached to an aromatic ring is 1. The molecule has 2 rings (SSSR count). The van der Waals surface area contributed by atoms with Crippen LogP contribution >= 0.6 is 0 Å². The Morgan fingerprint density at radius 1 is 1.35 bits per heavy atom. The van der Waals surface area contributed by atoms with E-state index in [1.165, 1.54) is 37.1 Å². The van der Waals surface area contributed by atoms with Gasteiger partial charge in [0, 0.05) is 36.6 Å². The summed E-state index contributed by atoms with van der Waals surface area (Å²) in [6.45, 7) is 2.00. The third-order valence-corrected chi connectivity index (χ3v) is 2.88. The van der Waals surface area contributed by atoms with Crippen molar-refractivity contribution >= 4 is 11.5 Å². The van der Waals surface area contributed by atoms with E-state index < -0.39 is 0 Å². The predicted octanol–water partition coefficient (Wildman–Crippen LogP) is 1.77. The highest BCUT2D eigenvalue weighted by Crippen LogP contribution is 2.19. The van der Waals surface area contributed by atoms with Crippen LogP contribution in [-0.4, -0.2) is 28.9 Å². The number of allylic oxidation sites excluding steroid dienone is 1. The number of likely N-dealkylation sites (tertiary alicyclic amines) is 1. The Kier molecular flexibility index (Phi) is 3.32. The number of carbonyl (C=O) groups excluding carboxylic acids is 1. The summed E-state index contributed by atoms with van der Waals surface area (Å²) >= 11 is 0. The van der Waals surface area contributed by atoms with Crippen LogP contribution in [0.1, 0.15) is 23.2 Å². The van der Waals surface area contributed by atoms with Crippen molar-refractivity contribution < 1.29 is 9.90 Å². The average Bonchev–Trinajstić information content (AvgIpc) is 2.82. The van der Waals surface area contributed by atoms with Crippen LogP contribution in [0.15, 0.2) is 30.5 Å². The van der Waals surface area contributed by atoms with Gasteiger partial charge in [-0.25, -0.2) is 0 Å². The Hall–Kier alpha value is -1.97. The van der Waals surface area contributed by atoms with Gasteiger partial charge >= 0.3 is 0 Å². The highest BCUT2D eigenvalue weighted by Gasteiger charge is 2.10. The quantitative estimate of drug-likeness (QED) is 0.361. The molecule has 0 aromatic heterocycles. The molecule has 4 heteroatoms. The Bertz CT molecular complexity index is 449. The molecule has 0 radical (unpaired) electrons. The maximum Gasteiger partial charge on any atom is 0.189 e. The van der Waals surface area contributed by atoms with Crippen molar-refractivity contribution in [1.29, 1.82) is 0 Å². The SMILES string of the molecule is Nc1ccc(O)cc1C(=O)C=CN1CCCC1. The van der Waals surface area contributed by atoms with Crippen LogP contribution in [0.3, 0.4) is 0 Å². The summed E-state index contributed by atoms with van der Waals surface area (Å²) in [6.07, 6.45) is 5.66. The van der Waals surface area contributed by atoms with E-state index in [4.69, 9.17) is 5.73 Å². The van der Waals surface area contributed by atoms with Crippen molar-refractivity contribution in [2.75, 3.05) is 18.8 Å². The largest absolute Gasteiger partial charge is 0.508 e. The summed E-state index contributed by atoms with van der Waals surface area (Å²) in [5.74, 6) is -0.123. The van der Waals surface area contributed by atoms with Crippen molar-refractivity contribution in [3.05, 3.63) is 36.0 Å². The minimum atomic E-state index is -0.176. The van der Waals surface area contributed by atoms with Crippen molar-refractivity contribution in [1.82, 2.24) is 4.90 Å². The lowest BCUT2D eigenvalue weighted by molar-refractivity contribution is 0.104. The Balaban J connectivity index is 2.10. The number of carbonyl (C=O) groups is 1. The minimum Gasteiger partial charge on any atom is -0.508 e. The standard InChI is InChI=1S/C13H16N2O2/c14-12-4-3-10(16)9-11(12)13(17)5-8-15-6-1-2-7-15/h3-5,8-9,16H,1-2,6-7,14H2. The van der Waals surface area contributed by atoms with Gasteiger partial charge in [0.05, 0.1) is 0 Å². The zero-order valence-corrected chi connectivity index (χ0v) is 9.60. The first-order valence-corrected chi connectivity index (χ1v) is 5.72. The maximum atomic E-state index is 11.9. The van der Waals surface area contributed by atoms with E-state index >= 15 is 0 Å².